The van der Waals surface area contributed by atoms with Gasteiger partial charge in [-0.15, -0.1) is 0 Å². The normalized spacial score (nSPS) is 14.7. The van der Waals surface area contributed by atoms with Crippen molar-refractivity contribution < 1.29 is 4.52 Å². The van der Waals surface area contributed by atoms with E-state index in [1.165, 1.54) is 18.4 Å². The molecule has 3 rings (SSSR count). The van der Waals surface area contributed by atoms with Crippen LogP contribution in [0, 0.1) is 13.8 Å². The fourth-order valence-corrected chi connectivity index (χ4v) is 2.20. The third-order valence-electron chi connectivity index (χ3n) is 3.25. The minimum absolute atomic E-state index is 0.494. The molecule has 5 nitrogen and oxygen atoms in total. The number of hydrogen-bond acceptors (Lipinski definition) is 5. The van der Waals surface area contributed by atoms with Crippen LogP contribution in [0.4, 0.5) is 5.95 Å². The molecule has 1 fully saturated rings. The van der Waals surface area contributed by atoms with Crippen LogP contribution in [-0.2, 0) is 6.54 Å². The minimum atomic E-state index is 0.494. The van der Waals surface area contributed by atoms with Crippen LogP contribution in [-0.4, -0.2) is 22.2 Å². The summed E-state index contributed by atoms with van der Waals surface area (Å²) in [6.07, 6.45) is 2.34. The first kappa shape index (κ1) is 12.1. The Morgan fingerprint density at radius 3 is 2.74 bits per heavy atom. The maximum atomic E-state index is 5.27. The summed E-state index contributed by atoms with van der Waals surface area (Å²) in [5, 5.41) is 4.03. The molecule has 5 heteroatoms. The number of aromatic nitrogens is 3. The maximum absolute atomic E-state index is 5.27. The Hall–Kier alpha value is -1.91. The van der Waals surface area contributed by atoms with Gasteiger partial charge in [0.1, 0.15) is 0 Å². The lowest BCUT2D eigenvalue weighted by atomic mass is 10.2. The van der Waals surface area contributed by atoms with Crippen LogP contribution >= 0.6 is 0 Å². The molecule has 0 amide bonds. The van der Waals surface area contributed by atoms with E-state index in [0.29, 0.717) is 18.4 Å². The zero-order chi connectivity index (χ0) is 13.4. The highest BCUT2D eigenvalue weighted by atomic mass is 16.5. The van der Waals surface area contributed by atoms with Gasteiger partial charge < -0.3 is 9.42 Å². The fourth-order valence-electron chi connectivity index (χ4n) is 2.20. The molecule has 0 aliphatic heterocycles. The Morgan fingerprint density at radius 2 is 2.05 bits per heavy atom. The molecule has 0 unspecified atom stereocenters. The van der Waals surface area contributed by atoms with E-state index in [1.807, 2.05) is 18.9 Å². The summed E-state index contributed by atoms with van der Waals surface area (Å²) in [6, 6.07) is 4.16. The van der Waals surface area contributed by atoms with E-state index in [0.717, 1.165) is 17.3 Å². The SMILES string of the molecule is Cc1cc(C)nc(CN(C)c2noc(C3CC3)n2)c1. The Morgan fingerprint density at radius 1 is 1.26 bits per heavy atom. The molecule has 0 aromatic carbocycles. The van der Waals surface area contributed by atoms with Crippen molar-refractivity contribution in [3.05, 3.63) is 35.0 Å². The molecule has 0 bridgehead atoms. The average molecular weight is 258 g/mol. The summed E-state index contributed by atoms with van der Waals surface area (Å²) in [5.41, 5.74) is 3.29. The smallest absolute Gasteiger partial charge is 0.266 e. The van der Waals surface area contributed by atoms with E-state index in [9.17, 15) is 0 Å². The fraction of sp³-hybridized carbons (Fsp3) is 0.500. The standard InChI is InChI=1S/C14H18N4O/c1-9-6-10(2)15-12(7-9)8-18(3)14-16-13(19-17-14)11-4-5-11/h6-7,11H,4-5,8H2,1-3H3. The van der Waals surface area contributed by atoms with E-state index in [1.54, 1.807) is 0 Å². The predicted octanol–water partition coefficient (Wildman–Crippen LogP) is 2.60. The molecule has 1 aliphatic carbocycles. The zero-order valence-electron chi connectivity index (χ0n) is 11.6. The van der Waals surface area contributed by atoms with Gasteiger partial charge in [0.2, 0.25) is 5.89 Å². The molecule has 19 heavy (non-hydrogen) atoms. The van der Waals surface area contributed by atoms with Crippen LogP contribution in [0.3, 0.4) is 0 Å². The lowest BCUT2D eigenvalue weighted by Crippen LogP contribution is -2.18. The van der Waals surface area contributed by atoms with E-state index in [-0.39, 0.29) is 0 Å². The Bertz CT molecular complexity index is 569. The monoisotopic (exact) mass is 258 g/mol. The van der Waals surface area contributed by atoms with Crippen LogP contribution in [0.2, 0.25) is 0 Å². The first-order valence-corrected chi connectivity index (χ1v) is 6.61. The molecule has 1 aliphatic rings. The Kier molecular flexibility index (Phi) is 2.97. The number of anilines is 1. The second-order valence-corrected chi connectivity index (χ2v) is 5.34. The Balaban J connectivity index is 1.73. The van der Waals surface area contributed by atoms with E-state index < -0.39 is 0 Å². The highest BCUT2D eigenvalue weighted by Crippen LogP contribution is 2.39. The molecule has 0 saturated heterocycles. The highest BCUT2D eigenvalue weighted by Gasteiger charge is 2.30. The van der Waals surface area contributed by atoms with Crippen LogP contribution in [0.15, 0.2) is 16.7 Å². The van der Waals surface area contributed by atoms with Crippen molar-refractivity contribution in [3.63, 3.8) is 0 Å². The first-order chi connectivity index (χ1) is 9.11. The molecule has 0 spiro atoms. The van der Waals surface area contributed by atoms with Gasteiger partial charge in [0, 0.05) is 18.7 Å². The number of hydrogen-bond donors (Lipinski definition) is 0. The summed E-state index contributed by atoms with van der Waals surface area (Å²) < 4.78 is 5.27. The topological polar surface area (TPSA) is 55.1 Å². The van der Waals surface area contributed by atoms with Crippen molar-refractivity contribution in [2.75, 3.05) is 11.9 Å². The summed E-state index contributed by atoms with van der Waals surface area (Å²) in [6.45, 7) is 4.78. The Labute approximate surface area is 112 Å². The van der Waals surface area contributed by atoms with E-state index in [2.05, 4.69) is 34.2 Å². The molecule has 0 radical (unpaired) electrons. The van der Waals surface area contributed by atoms with Crippen molar-refractivity contribution in [2.24, 2.45) is 0 Å². The third-order valence-corrected chi connectivity index (χ3v) is 3.25. The molecule has 2 heterocycles. The second-order valence-electron chi connectivity index (χ2n) is 5.34. The average Bonchev–Trinajstić information content (AvgIpc) is 3.05. The van der Waals surface area contributed by atoms with Gasteiger partial charge in [-0.1, -0.05) is 0 Å². The van der Waals surface area contributed by atoms with Crippen LogP contribution in [0.25, 0.3) is 0 Å². The summed E-state index contributed by atoms with van der Waals surface area (Å²) in [7, 11) is 1.96. The van der Waals surface area contributed by atoms with E-state index >= 15 is 0 Å². The van der Waals surface area contributed by atoms with Gasteiger partial charge in [-0.25, -0.2) is 0 Å². The minimum Gasteiger partial charge on any atom is -0.337 e. The highest BCUT2D eigenvalue weighted by molar-refractivity contribution is 5.30. The van der Waals surface area contributed by atoms with Gasteiger partial charge in [-0.05, 0) is 49.5 Å². The van der Waals surface area contributed by atoms with Crippen molar-refractivity contribution in [1.29, 1.82) is 0 Å². The summed E-state index contributed by atoms with van der Waals surface area (Å²) in [5.74, 6) is 1.91. The molecule has 0 atom stereocenters. The summed E-state index contributed by atoms with van der Waals surface area (Å²) >= 11 is 0. The summed E-state index contributed by atoms with van der Waals surface area (Å²) in [4.78, 5) is 10.9. The van der Waals surface area contributed by atoms with Gasteiger partial charge >= 0.3 is 0 Å². The largest absolute Gasteiger partial charge is 0.337 e. The number of pyridine rings is 1. The van der Waals surface area contributed by atoms with Gasteiger partial charge in [0.25, 0.3) is 5.95 Å². The number of rotatable bonds is 4. The van der Waals surface area contributed by atoms with E-state index in [4.69, 9.17) is 4.52 Å². The van der Waals surface area contributed by atoms with Crippen LogP contribution < -0.4 is 4.90 Å². The quantitative estimate of drug-likeness (QED) is 0.843. The van der Waals surface area contributed by atoms with Crippen molar-refractivity contribution in [2.45, 2.75) is 39.2 Å². The zero-order valence-corrected chi connectivity index (χ0v) is 11.6. The molecule has 2 aromatic heterocycles. The lowest BCUT2D eigenvalue weighted by Gasteiger charge is -2.14. The van der Waals surface area contributed by atoms with Crippen molar-refractivity contribution >= 4 is 5.95 Å². The molecule has 100 valence electrons. The van der Waals surface area contributed by atoms with Gasteiger partial charge in [-0.3, -0.25) is 4.98 Å². The molecular weight excluding hydrogens is 240 g/mol. The number of nitrogens with zero attached hydrogens (tertiary/aromatic N) is 4. The maximum Gasteiger partial charge on any atom is 0.266 e. The van der Waals surface area contributed by atoms with Crippen LogP contribution in [0.1, 0.15) is 41.6 Å². The first-order valence-electron chi connectivity index (χ1n) is 6.61. The van der Waals surface area contributed by atoms with Crippen molar-refractivity contribution in [3.8, 4) is 0 Å². The predicted molar refractivity (Wildman–Crippen MR) is 72.1 cm³/mol. The number of aryl methyl sites for hydroxylation is 2. The molecule has 1 saturated carbocycles. The lowest BCUT2D eigenvalue weighted by molar-refractivity contribution is 0.378. The van der Waals surface area contributed by atoms with Crippen LogP contribution in [0.5, 0.6) is 0 Å². The van der Waals surface area contributed by atoms with Gasteiger partial charge in [-0.2, -0.15) is 4.98 Å². The third kappa shape index (κ3) is 2.75. The molecule has 2 aromatic rings. The van der Waals surface area contributed by atoms with Gasteiger partial charge in [0.05, 0.1) is 12.2 Å². The van der Waals surface area contributed by atoms with Gasteiger partial charge in [0.15, 0.2) is 0 Å². The molecule has 0 N–H and O–H groups in total. The molecular formula is C14H18N4O. The second kappa shape index (κ2) is 4.64. The van der Waals surface area contributed by atoms with Crippen molar-refractivity contribution in [1.82, 2.24) is 15.1 Å².